The number of amides is 3. The van der Waals surface area contributed by atoms with Gasteiger partial charge in [0, 0.05) is 0 Å². The molecular weight excluding hydrogens is 603 g/mol. The Balaban J connectivity index is 0.0000185. The summed E-state index contributed by atoms with van der Waals surface area (Å²) >= 11 is 0. The summed E-state index contributed by atoms with van der Waals surface area (Å²) in [6.07, 6.45) is -1.02. The fourth-order valence-corrected chi connectivity index (χ4v) is 5.25. The van der Waals surface area contributed by atoms with Crippen LogP contribution in [0.25, 0.3) is 0 Å². The zero-order valence-electron chi connectivity index (χ0n) is 27.0. The van der Waals surface area contributed by atoms with Crippen molar-refractivity contribution in [3.8, 4) is 0 Å². The maximum Gasteiger partial charge on any atom is 1.00 e. The Labute approximate surface area is 282 Å². The van der Waals surface area contributed by atoms with E-state index in [-0.39, 0.29) is 73.2 Å². The summed E-state index contributed by atoms with van der Waals surface area (Å²) in [5.74, 6) is -3.66. The van der Waals surface area contributed by atoms with Gasteiger partial charge in [0.05, 0.1) is 12.1 Å². The third-order valence-electron chi connectivity index (χ3n) is 6.58. The molecule has 0 bridgehead atoms. The van der Waals surface area contributed by atoms with E-state index in [1.54, 1.807) is 65.8 Å². The van der Waals surface area contributed by atoms with E-state index in [0.29, 0.717) is 0 Å². The van der Waals surface area contributed by atoms with Crippen LogP contribution in [-0.4, -0.2) is 70.9 Å². The van der Waals surface area contributed by atoms with Gasteiger partial charge >= 0.3 is 35.7 Å². The van der Waals surface area contributed by atoms with Crippen LogP contribution in [0.15, 0.2) is 30.3 Å². The van der Waals surface area contributed by atoms with Crippen LogP contribution in [0.4, 0.5) is 4.79 Å². The van der Waals surface area contributed by atoms with Crippen LogP contribution >= 0.6 is 0 Å². The Bertz CT molecular complexity index is 1200. The number of benzene rings is 1. The van der Waals surface area contributed by atoms with Gasteiger partial charge in [-0.05, 0) is 49.5 Å². The average Bonchev–Trinajstić information content (AvgIpc) is 2.89. The molecule has 3 amide bonds. The van der Waals surface area contributed by atoms with Crippen molar-refractivity contribution < 1.29 is 71.5 Å². The Hall–Kier alpha value is -2.07. The molecule has 13 nitrogen and oxygen atoms in total. The minimum absolute atomic E-state index is 0. The number of ether oxygens (including phenoxy) is 1. The van der Waals surface area contributed by atoms with Crippen LogP contribution in [0.2, 0.25) is 0 Å². The van der Waals surface area contributed by atoms with Crippen molar-refractivity contribution >= 4 is 33.8 Å². The minimum atomic E-state index is -5.67. The van der Waals surface area contributed by atoms with E-state index < -0.39 is 62.9 Å². The first kappa shape index (κ1) is 41.9. The van der Waals surface area contributed by atoms with Crippen molar-refractivity contribution in [3.05, 3.63) is 35.9 Å². The fourth-order valence-electron chi connectivity index (χ4n) is 4.39. The van der Waals surface area contributed by atoms with Gasteiger partial charge in [-0.3, -0.25) is 14.4 Å². The first-order valence-corrected chi connectivity index (χ1v) is 15.8. The van der Waals surface area contributed by atoms with Crippen molar-refractivity contribution in [1.29, 1.82) is 0 Å². The molecule has 1 aromatic carbocycles. The number of nitrogens with one attached hydrogen (secondary N) is 3. The van der Waals surface area contributed by atoms with E-state index in [9.17, 15) is 37.3 Å². The molecule has 1 rings (SSSR count). The Kier molecular flexibility index (Phi) is 17.9. The third-order valence-corrected chi connectivity index (χ3v) is 7.85. The van der Waals surface area contributed by atoms with Gasteiger partial charge in [-0.1, -0.05) is 71.9 Å². The SMILES string of the molecule is CC(C)CC(N)C(O)(C(=O)[C@H](CC(C)C)NC(=O)[C@H](CC(C)C)NC(=O)[C@H](C)NC(=O)OCc1ccccc1)S(=O)(=O)[O-].[Na+]. The van der Waals surface area contributed by atoms with Crippen LogP contribution in [-0.2, 0) is 35.8 Å². The van der Waals surface area contributed by atoms with Gasteiger partial charge < -0.3 is 36.1 Å². The number of ketones is 1. The molecule has 0 radical (unpaired) electrons. The minimum Gasteiger partial charge on any atom is -0.745 e. The predicted octanol–water partition coefficient (Wildman–Crippen LogP) is -1.46. The number of nitrogens with two attached hydrogens (primary N) is 1. The molecule has 0 aliphatic rings. The number of hydrogen-bond acceptors (Lipinski definition) is 10. The quantitative estimate of drug-likeness (QED) is 0.0975. The van der Waals surface area contributed by atoms with E-state index in [1.807, 2.05) is 6.07 Å². The van der Waals surface area contributed by atoms with Crippen molar-refractivity contribution in [2.75, 3.05) is 0 Å². The van der Waals surface area contributed by atoms with Gasteiger partial charge in [0.25, 0.3) is 0 Å². The second kappa shape index (κ2) is 18.8. The fraction of sp³-hybridized carbons (Fsp3) is 0.655. The van der Waals surface area contributed by atoms with E-state index in [4.69, 9.17) is 10.5 Å². The topological polar surface area (TPSA) is 217 Å². The molecule has 44 heavy (non-hydrogen) atoms. The van der Waals surface area contributed by atoms with Crippen molar-refractivity contribution in [2.24, 2.45) is 23.5 Å². The normalized spacial score (nSPS) is 15.8. The number of aliphatic hydroxyl groups is 1. The second-order valence-corrected chi connectivity index (χ2v) is 13.6. The second-order valence-electron chi connectivity index (χ2n) is 12.1. The number of carbonyl (C=O) groups excluding carboxylic acids is 4. The molecule has 0 fully saturated rings. The van der Waals surface area contributed by atoms with Crippen molar-refractivity contribution in [2.45, 2.75) is 103 Å². The molecule has 2 unspecified atom stereocenters. The smallest absolute Gasteiger partial charge is 0.745 e. The zero-order chi connectivity index (χ0) is 33.1. The first-order valence-electron chi connectivity index (χ1n) is 14.3. The molecule has 0 aliphatic heterocycles. The summed E-state index contributed by atoms with van der Waals surface area (Å²) < 4.78 is 41.7. The van der Waals surface area contributed by atoms with Crippen LogP contribution in [0, 0.1) is 17.8 Å². The molecule has 244 valence electrons. The van der Waals surface area contributed by atoms with Crippen molar-refractivity contribution in [1.82, 2.24) is 16.0 Å². The largest absolute Gasteiger partial charge is 1.00 e. The molecule has 0 saturated carbocycles. The van der Waals surface area contributed by atoms with Crippen LogP contribution in [0.3, 0.4) is 0 Å². The summed E-state index contributed by atoms with van der Waals surface area (Å²) in [5, 5.41) is 18.3. The van der Waals surface area contributed by atoms with Gasteiger partial charge in [0.15, 0.2) is 0 Å². The molecular formula is C29H47N4NaO9S. The van der Waals surface area contributed by atoms with Crippen molar-refractivity contribution in [3.63, 3.8) is 0 Å². The molecule has 0 aliphatic carbocycles. The van der Waals surface area contributed by atoms with Gasteiger partial charge in [-0.15, -0.1) is 0 Å². The van der Waals surface area contributed by atoms with Crippen LogP contribution in [0.5, 0.6) is 0 Å². The molecule has 0 heterocycles. The summed E-state index contributed by atoms with van der Waals surface area (Å²) in [6.45, 7) is 11.7. The Morgan fingerprint density at radius 1 is 0.841 bits per heavy atom. The molecule has 0 aromatic heterocycles. The molecule has 1 aromatic rings. The number of Topliss-reactive ketones (excluding diaryl/α,β-unsaturated/α-hetero) is 1. The van der Waals surface area contributed by atoms with Gasteiger partial charge in [0.2, 0.25) is 22.5 Å². The molecule has 5 atom stereocenters. The van der Waals surface area contributed by atoms with Crippen LogP contribution < -0.4 is 51.2 Å². The zero-order valence-corrected chi connectivity index (χ0v) is 29.8. The average molecular weight is 651 g/mol. The monoisotopic (exact) mass is 650 g/mol. The Morgan fingerprint density at radius 3 is 1.80 bits per heavy atom. The predicted molar refractivity (Wildman–Crippen MR) is 159 cm³/mol. The number of carbonyl (C=O) groups is 4. The number of alkyl carbamates (subject to hydrolysis) is 1. The van der Waals surface area contributed by atoms with E-state index in [1.165, 1.54) is 6.92 Å². The Morgan fingerprint density at radius 2 is 1.32 bits per heavy atom. The summed E-state index contributed by atoms with van der Waals surface area (Å²) in [7, 11) is -5.67. The molecule has 0 spiro atoms. The number of rotatable bonds is 17. The maximum absolute atomic E-state index is 13.5. The van der Waals surface area contributed by atoms with Gasteiger partial charge in [-0.2, -0.15) is 0 Å². The van der Waals surface area contributed by atoms with E-state index >= 15 is 0 Å². The first-order chi connectivity index (χ1) is 19.8. The standard InChI is InChI=1S/C29H48N4O9S.Na/c1-17(2)13-22(25(34)29(38,43(39,40)41)24(30)15-19(5)6)32-27(36)23(14-18(3)4)33-26(35)20(7)31-28(37)42-16-21-11-9-8-10-12-21;/h8-12,17-20,22-24,38H,13-16,30H2,1-7H3,(H,31,37)(H,32,36)(H,33,35)(H,39,40,41);/q;+1/p-1/t20-,22-,23-,24?,29?;/m0./s1. The molecule has 6 N–H and O–H groups in total. The molecule has 15 heteroatoms. The van der Waals surface area contributed by atoms with E-state index in [0.717, 1.165) is 5.56 Å². The maximum atomic E-state index is 13.5. The van der Waals surface area contributed by atoms with Gasteiger partial charge in [0.1, 0.15) is 28.8 Å². The van der Waals surface area contributed by atoms with Gasteiger partial charge in [-0.25, -0.2) is 13.2 Å². The summed E-state index contributed by atoms with van der Waals surface area (Å²) in [5.41, 5.74) is 6.64. The summed E-state index contributed by atoms with van der Waals surface area (Å²) in [4.78, 5) is 48.5. The van der Waals surface area contributed by atoms with Crippen LogP contribution in [0.1, 0.15) is 73.3 Å². The molecule has 0 saturated heterocycles. The van der Waals surface area contributed by atoms with E-state index in [2.05, 4.69) is 16.0 Å². The third kappa shape index (κ3) is 13.1. The summed E-state index contributed by atoms with van der Waals surface area (Å²) in [6, 6.07) is 3.25. The number of hydrogen-bond donors (Lipinski definition) is 5.